The van der Waals surface area contributed by atoms with Gasteiger partial charge in [-0.15, -0.1) is 0 Å². The van der Waals surface area contributed by atoms with E-state index in [1.807, 2.05) is 43.7 Å². The first kappa shape index (κ1) is 12.2. The van der Waals surface area contributed by atoms with Crippen LogP contribution >= 0.6 is 0 Å². The van der Waals surface area contributed by atoms with E-state index in [9.17, 15) is 0 Å². The molecule has 1 heterocycles. The van der Waals surface area contributed by atoms with E-state index in [1.165, 1.54) is 0 Å². The zero-order chi connectivity index (χ0) is 13.3. The smallest absolute Gasteiger partial charge is 0.0991 e. The van der Waals surface area contributed by atoms with Crippen LogP contribution in [0, 0.1) is 32.1 Å². The molecule has 0 unspecified atom stereocenters. The van der Waals surface area contributed by atoms with Gasteiger partial charge in [-0.1, -0.05) is 6.07 Å². The molecule has 0 saturated carbocycles. The first-order valence-corrected chi connectivity index (χ1v) is 5.82. The molecule has 0 amide bonds. The minimum Gasteiger partial charge on any atom is -0.396 e. The van der Waals surface area contributed by atoms with Crippen molar-refractivity contribution in [2.45, 2.75) is 27.3 Å². The quantitative estimate of drug-likeness (QED) is 0.875. The Morgan fingerprint density at radius 1 is 1.33 bits per heavy atom. The van der Waals surface area contributed by atoms with Crippen LogP contribution in [0.5, 0.6) is 0 Å². The number of hydrogen-bond acceptors (Lipinski definition) is 3. The van der Waals surface area contributed by atoms with Crippen molar-refractivity contribution in [1.29, 1.82) is 5.26 Å². The molecular weight excluding hydrogens is 224 g/mol. The van der Waals surface area contributed by atoms with Crippen LogP contribution in [0.25, 0.3) is 0 Å². The number of hydrogen-bond donors (Lipinski definition) is 1. The lowest BCUT2D eigenvalue weighted by Crippen LogP contribution is -2.06. The van der Waals surface area contributed by atoms with E-state index in [0.717, 1.165) is 28.2 Å². The number of aromatic nitrogens is 2. The van der Waals surface area contributed by atoms with Crippen LogP contribution in [0.15, 0.2) is 18.2 Å². The Morgan fingerprint density at radius 3 is 2.56 bits per heavy atom. The van der Waals surface area contributed by atoms with Gasteiger partial charge in [0.1, 0.15) is 0 Å². The molecule has 0 aliphatic rings. The van der Waals surface area contributed by atoms with Crippen molar-refractivity contribution in [1.82, 2.24) is 9.78 Å². The summed E-state index contributed by atoms with van der Waals surface area (Å²) < 4.78 is 1.90. The lowest BCUT2D eigenvalue weighted by atomic mass is 10.1. The highest BCUT2D eigenvalue weighted by atomic mass is 15.3. The second-order valence-electron chi connectivity index (χ2n) is 4.50. The van der Waals surface area contributed by atoms with E-state index in [4.69, 9.17) is 11.0 Å². The van der Waals surface area contributed by atoms with Gasteiger partial charge in [0.25, 0.3) is 0 Å². The highest BCUT2D eigenvalue weighted by Gasteiger charge is 2.09. The van der Waals surface area contributed by atoms with Crippen molar-refractivity contribution in [2.24, 2.45) is 0 Å². The van der Waals surface area contributed by atoms with E-state index in [2.05, 4.69) is 11.2 Å². The van der Waals surface area contributed by atoms with E-state index in [1.54, 1.807) is 0 Å². The zero-order valence-corrected chi connectivity index (χ0v) is 10.9. The summed E-state index contributed by atoms with van der Waals surface area (Å²) in [6, 6.07) is 7.84. The number of nitrogen functional groups attached to an aromatic ring is 1. The van der Waals surface area contributed by atoms with Gasteiger partial charge in [0.2, 0.25) is 0 Å². The topological polar surface area (TPSA) is 67.6 Å². The molecule has 0 aliphatic heterocycles. The van der Waals surface area contributed by atoms with Crippen LogP contribution in [0.2, 0.25) is 0 Å². The standard InChI is InChI=1S/C14H16N4/c1-9-6-12(7-15)4-5-13(9)8-18-11(3)14(16)10(2)17-18/h4-6H,8,16H2,1-3H3. The number of rotatable bonds is 2. The number of benzene rings is 1. The summed E-state index contributed by atoms with van der Waals surface area (Å²) in [5, 5.41) is 13.3. The number of aryl methyl sites for hydroxylation is 2. The van der Waals surface area contributed by atoms with E-state index < -0.39 is 0 Å². The molecule has 1 aromatic carbocycles. The fraction of sp³-hybridized carbons (Fsp3) is 0.286. The molecule has 2 aromatic rings. The molecule has 92 valence electrons. The Labute approximate surface area is 107 Å². The third-order valence-electron chi connectivity index (χ3n) is 3.23. The van der Waals surface area contributed by atoms with Gasteiger partial charge in [-0.2, -0.15) is 10.4 Å². The SMILES string of the molecule is Cc1cc(C#N)ccc1Cn1nc(C)c(N)c1C. The van der Waals surface area contributed by atoms with Crippen molar-refractivity contribution in [3.63, 3.8) is 0 Å². The summed E-state index contributed by atoms with van der Waals surface area (Å²) in [5.41, 5.74) is 11.4. The summed E-state index contributed by atoms with van der Waals surface area (Å²) in [4.78, 5) is 0. The molecule has 0 fully saturated rings. The Hall–Kier alpha value is -2.28. The fourth-order valence-corrected chi connectivity index (χ4v) is 1.97. The number of nitrogens with zero attached hydrogens (tertiary/aromatic N) is 3. The predicted molar refractivity (Wildman–Crippen MR) is 71.1 cm³/mol. The average Bonchev–Trinajstić information content (AvgIpc) is 2.59. The van der Waals surface area contributed by atoms with E-state index in [-0.39, 0.29) is 0 Å². The Balaban J connectivity index is 2.35. The van der Waals surface area contributed by atoms with Crippen molar-refractivity contribution in [3.05, 3.63) is 46.3 Å². The zero-order valence-electron chi connectivity index (χ0n) is 10.9. The van der Waals surface area contributed by atoms with Gasteiger partial charge < -0.3 is 5.73 Å². The van der Waals surface area contributed by atoms with Crippen LogP contribution in [-0.2, 0) is 6.54 Å². The fourth-order valence-electron chi connectivity index (χ4n) is 1.97. The molecule has 0 saturated heterocycles. The summed E-state index contributed by atoms with van der Waals surface area (Å²) in [6.45, 7) is 6.56. The van der Waals surface area contributed by atoms with E-state index >= 15 is 0 Å². The monoisotopic (exact) mass is 240 g/mol. The predicted octanol–water partition coefficient (Wildman–Crippen LogP) is 2.31. The minimum atomic E-state index is 0.682. The number of anilines is 1. The molecule has 1 aromatic heterocycles. The average molecular weight is 240 g/mol. The van der Waals surface area contributed by atoms with Crippen LogP contribution in [0.4, 0.5) is 5.69 Å². The molecule has 0 spiro atoms. The summed E-state index contributed by atoms with van der Waals surface area (Å²) in [7, 11) is 0. The lowest BCUT2D eigenvalue weighted by Gasteiger charge is -2.08. The van der Waals surface area contributed by atoms with Crippen LogP contribution in [-0.4, -0.2) is 9.78 Å². The summed E-state index contributed by atoms with van der Waals surface area (Å²) >= 11 is 0. The summed E-state index contributed by atoms with van der Waals surface area (Å²) in [6.07, 6.45) is 0. The molecule has 0 bridgehead atoms. The Kier molecular flexibility index (Phi) is 3.07. The molecular formula is C14H16N4. The molecule has 4 heteroatoms. The van der Waals surface area contributed by atoms with Gasteiger partial charge in [-0.3, -0.25) is 4.68 Å². The van der Waals surface area contributed by atoms with Crippen molar-refractivity contribution in [2.75, 3.05) is 5.73 Å². The molecule has 0 atom stereocenters. The lowest BCUT2D eigenvalue weighted by molar-refractivity contribution is 0.657. The van der Waals surface area contributed by atoms with Crippen molar-refractivity contribution in [3.8, 4) is 6.07 Å². The molecule has 18 heavy (non-hydrogen) atoms. The third kappa shape index (κ3) is 2.07. The molecule has 2 rings (SSSR count). The Bertz CT molecular complexity index is 632. The first-order valence-electron chi connectivity index (χ1n) is 5.82. The number of nitrogens with two attached hydrogens (primary N) is 1. The second-order valence-corrected chi connectivity index (χ2v) is 4.50. The highest BCUT2D eigenvalue weighted by Crippen LogP contribution is 2.18. The van der Waals surface area contributed by atoms with Gasteiger partial charge >= 0.3 is 0 Å². The second kappa shape index (κ2) is 4.53. The summed E-state index contributed by atoms with van der Waals surface area (Å²) in [5.74, 6) is 0. The maximum atomic E-state index is 8.84. The van der Waals surface area contributed by atoms with Crippen molar-refractivity contribution < 1.29 is 0 Å². The first-order chi connectivity index (χ1) is 8.52. The molecule has 0 radical (unpaired) electrons. The van der Waals surface area contributed by atoms with Gasteiger partial charge in [0, 0.05) is 0 Å². The highest BCUT2D eigenvalue weighted by molar-refractivity contribution is 5.47. The maximum Gasteiger partial charge on any atom is 0.0991 e. The normalized spacial score (nSPS) is 10.3. The van der Waals surface area contributed by atoms with Crippen LogP contribution < -0.4 is 5.73 Å². The van der Waals surface area contributed by atoms with Crippen LogP contribution in [0.3, 0.4) is 0 Å². The third-order valence-corrected chi connectivity index (χ3v) is 3.23. The van der Waals surface area contributed by atoms with Gasteiger partial charge in [-0.25, -0.2) is 0 Å². The largest absolute Gasteiger partial charge is 0.396 e. The minimum absolute atomic E-state index is 0.682. The van der Waals surface area contributed by atoms with Crippen molar-refractivity contribution >= 4 is 5.69 Å². The van der Waals surface area contributed by atoms with Crippen LogP contribution in [0.1, 0.15) is 28.1 Å². The maximum absolute atomic E-state index is 8.84. The molecule has 0 aliphatic carbocycles. The van der Waals surface area contributed by atoms with E-state index in [0.29, 0.717) is 12.1 Å². The molecule has 2 N–H and O–H groups in total. The Morgan fingerprint density at radius 2 is 2.06 bits per heavy atom. The number of nitriles is 1. The van der Waals surface area contributed by atoms with Gasteiger partial charge in [-0.05, 0) is 44.0 Å². The van der Waals surface area contributed by atoms with Gasteiger partial charge in [0.15, 0.2) is 0 Å². The van der Waals surface area contributed by atoms with Gasteiger partial charge in [0.05, 0.1) is 35.3 Å². The molecule has 4 nitrogen and oxygen atoms in total.